The summed E-state index contributed by atoms with van der Waals surface area (Å²) >= 11 is 1.56. The first-order valence-electron chi connectivity index (χ1n) is 4.15. The van der Waals surface area contributed by atoms with E-state index in [9.17, 15) is 4.79 Å². The van der Waals surface area contributed by atoms with Gasteiger partial charge in [-0.3, -0.25) is 4.79 Å². The lowest BCUT2D eigenvalue weighted by molar-refractivity contribution is -0.117. The van der Waals surface area contributed by atoms with Gasteiger partial charge in [0.2, 0.25) is 5.91 Å². The predicted molar refractivity (Wildman–Crippen MR) is 56.4 cm³/mol. The second kappa shape index (κ2) is 4.92. The highest BCUT2D eigenvalue weighted by Gasteiger charge is 2.08. The molecule has 0 fully saturated rings. The van der Waals surface area contributed by atoms with Gasteiger partial charge in [-0.25, -0.2) is 0 Å². The van der Waals surface area contributed by atoms with Gasteiger partial charge >= 0.3 is 0 Å². The van der Waals surface area contributed by atoms with E-state index in [0.29, 0.717) is 0 Å². The van der Waals surface area contributed by atoms with Crippen molar-refractivity contribution in [1.29, 1.82) is 0 Å². The molecule has 13 heavy (non-hydrogen) atoms. The number of hydrogen-bond donors (Lipinski definition) is 1. The molecule has 1 rings (SSSR count). The van der Waals surface area contributed by atoms with Crippen LogP contribution in [0.25, 0.3) is 0 Å². The van der Waals surface area contributed by atoms with Gasteiger partial charge in [-0.2, -0.15) is 0 Å². The average molecular weight is 195 g/mol. The van der Waals surface area contributed by atoms with Crippen LogP contribution < -0.4 is 5.73 Å². The molecule has 0 aliphatic rings. The Bertz CT molecular complexity index is 274. The molecule has 0 aliphatic carbocycles. The van der Waals surface area contributed by atoms with E-state index in [0.717, 1.165) is 5.75 Å². The lowest BCUT2D eigenvalue weighted by atomic mass is 10.2. The molecule has 1 amide bonds. The Balaban J connectivity index is 2.39. The maximum Gasteiger partial charge on any atom is 0.230 e. The van der Waals surface area contributed by atoms with Crippen molar-refractivity contribution in [3.05, 3.63) is 35.9 Å². The second-order valence-electron chi connectivity index (χ2n) is 2.84. The summed E-state index contributed by atoms with van der Waals surface area (Å²) in [5.74, 6) is 0.589. The highest BCUT2D eigenvalue weighted by Crippen LogP contribution is 2.16. The maximum atomic E-state index is 10.7. The Morgan fingerprint density at radius 3 is 2.62 bits per heavy atom. The number of rotatable bonds is 4. The van der Waals surface area contributed by atoms with Crippen LogP contribution in [0.2, 0.25) is 0 Å². The van der Waals surface area contributed by atoms with E-state index in [1.165, 1.54) is 5.56 Å². The summed E-state index contributed by atoms with van der Waals surface area (Å²) in [5.41, 5.74) is 6.36. The van der Waals surface area contributed by atoms with Gasteiger partial charge in [0.1, 0.15) is 0 Å². The molecule has 0 spiro atoms. The lowest BCUT2D eigenvalue weighted by Gasteiger charge is -2.06. The van der Waals surface area contributed by atoms with Crippen molar-refractivity contribution in [3.63, 3.8) is 0 Å². The number of amides is 1. The molecule has 1 atom stereocenters. The molecule has 1 aromatic carbocycles. The zero-order valence-corrected chi connectivity index (χ0v) is 8.38. The van der Waals surface area contributed by atoms with Gasteiger partial charge < -0.3 is 5.73 Å². The summed E-state index contributed by atoms with van der Waals surface area (Å²) in [6.45, 7) is 1.83. The standard InChI is InChI=1S/C10H13NOS/c1-8(10(11)12)13-7-9-5-3-2-4-6-9/h2-6,8H,7H2,1H3,(H2,11,12). The first-order valence-corrected chi connectivity index (χ1v) is 5.20. The first kappa shape index (κ1) is 10.1. The third-order valence-corrected chi connectivity index (χ3v) is 2.98. The van der Waals surface area contributed by atoms with Crippen LogP contribution in [-0.2, 0) is 10.5 Å². The summed E-state index contributed by atoms with van der Waals surface area (Å²) in [6, 6.07) is 10.0. The van der Waals surface area contributed by atoms with Crippen LogP contribution in [0.4, 0.5) is 0 Å². The Morgan fingerprint density at radius 1 is 1.46 bits per heavy atom. The molecule has 0 bridgehead atoms. The minimum atomic E-state index is -0.249. The summed E-state index contributed by atoms with van der Waals surface area (Å²) in [4.78, 5) is 10.7. The minimum Gasteiger partial charge on any atom is -0.369 e. The maximum absolute atomic E-state index is 10.7. The zero-order valence-electron chi connectivity index (χ0n) is 7.57. The monoisotopic (exact) mass is 195 g/mol. The fraction of sp³-hybridized carbons (Fsp3) is 0.300. The quantitative estimate of drug-likeness (QED) is 0.796. The molecule has 1 aromatic rings. The van der Waals surface area contributed by atoms with E-state index in [1.54, 1.807) is 11.8 Å². The van der Waals surface area contributed by atoms with Crippen molar-refractivity contribution >= 4 is 17.7 Å². The molecule has 0 saturated heterocycles. The number of primary amides is 1. The van der Waals surface area contributed by atoms with Gasteiger partial charge in [0, 0.05) is 5.75 Å². The van der Waals surface area contributed by atoms with Crippen LogP contribution >= 0.6 is 11.8 Å². The van der Waals surface area contributed by atoms with E-state index in [-0.39, 0.29) is 11.2 Å². The summed E-state index contributed by atoms with van der Waals surface area (Å²) in [5, 5.41) is -0.111. The highest BCUT2D eigenvalue weighted by molar-refractivity contribution is 7.99. The Kier molecular flexibility index (Phi) is 3.83. The fourth-order valence-corrected chi connectivity index (χ4v) is 1.68. The van der Waals surface area contributed by atoms with Crippen LogP contribution in [-0.4, -0.2) is 11.2 Å². The third kappa shape index (κ3) is 3.51. The summed E-state index contributed by atoms with van der Waals surface area (Å²) in [6.07, 6.45) is 0. The molecule has 2 N–H and O–H groups in total. The SMILES string of the molecule is CC(SCc1ccccc1)C(N)=O. The van der Waals surface area contributed by atoms with Crippen LogP contribution in [0, 0.1) is 0 Å². The summed E-state index contributed by atoms with van der Waals surface area (Å²) in [7, 11) is 0. The van der Waals surface area contributed by atoms with Crippen molar-refractivity contribution in [2.45, 2.75) is 17.9 Å². The topological polar surface area (TPSA) is 43.1 Å². The van der Waals surface area contributed by atoms with E-state index in [1.807, 2.05) is 37.3 Å². The van der Waals surface area contributed by atoms with Gasteiger partial charge in [0.05, 0.1) is 5.25 Å². The second-order valence-corrected chi connectivity index (χ2v) is 4.17. The molecule has 0 heterocycles. The average Bonchev–Trinajstić information content (AvgIpc) is 2.15. The van der Waals surface area contributed by atoms with E-state index < -0.39 is 0 Å². The van der Waals surface area contributed by atoms with Crippen LogP contribution in [0.1, 0.15) is 12.5 Å². The van der Waals surface area contributed by atoms with Crippen LogP contribution in [0.3, 0.4) is 0 Å². The van der Waals surface area contributed by atoms with Crippen LogP contribution in [0.15, 0.2) is 30.3 Å². The van der Waals surface area contributed by atoms with Gasteiger partial charge in [-0.05, 0) is 12.5 Å². The van der Waals surface area contributed by atoms with Crippen molar-refractivity contribution in [2.24, 2.45) is 5.73 Å². The van der Waals surface area contributed by atoms with E-state index >= 15 is 0 Å². The van der Waals surface area contributed by atoms with Gasteiger partial charge in [-0.15, -0.1) is 11.8 Å². The minimum absolute atomic E-state index is 0.111. The highest BCUT2D eigenvalue weighted by atomic mass is 32.2. The predicted octanol–water partition coefficient (Wildman–Crippen LogP) is 1.79. The van der Waals surface area contributed by atoms with Gasteiger partial charge in [0.15, 0.2) is 0 Å². The number of nitrogens with two attached hydrogens (primary N) is 1. The molecule has 0 saturated carbocycles. The number of benzene rings is 1. The van der Waals surface area contributed by atoms with Gasteiger partial charge in [-0.1, -0.05) is 30.3 Å². The molecule has 1 unspecified atom stereocenters. The molecule has 3 heteroatoms. The largest absolute Gasteiger partial charge is 0.369 e. The normalized spacial score (nSPS) is 12.4. The zero-order chi connectivity index (χ0) is 9.68. The summed E-state index contributed by atoms with van der Waals surface area (Å²) < 4.78 is 0. The van der Waals surface area contributed by atoms with Crippen LogP contribution in [0.5, 0.6) is 0 Å². The number of thioether (sulfide) groups is 1. The number of hydrogen-bond acceptors (Lipinski definition) is 2. The number of carbonyl (C=O) groups is 1. The number of carbonyl (C=O) groups excluding carboxylic acids is 1. The Hall–Kier alpha value is -0.960. The van der Waals surface area contributed by atoms with Crippen molar-refractivity contribution < 1.29 is 4.79 Å². The van der Waals surface area contributed by atoms with Gasteiger partial charge in [0.25, 0.3) is 0 Å². The molecule has 70 valence electrons. The molecular formula is C10H13NOS. The smallest absolute Gasteiger partial charge is 0.230 e. The molecule has 0 radical (unpaired) electrons. The van der Waals surface area contributed by atoms with E-state index in [4.69, 9.17) is 5.73 Å². The van der Waals surface area contributed by atoms with Crippen molar-refractivity contribution in [1.82, 2.24) is 0 Å². The van der Waals surface area contributed by atoms with E-state index in [2.05, 4.69) is 0 Å². The molecule has 0 aliphatic heterocycles. The Morgan fingerprint density at radius 2 is 2.08 bits per heavy atom. The molecular weight excluding hydrogens is 182 g/mol. The third-order valence-electron chi connectivity index (χ3n) is 1.74. The first-order chi connectivity index (χ1) is 6.20. The molecule has 0 aromatic heterocycles. The lowest BCUT2D eigenvalue weighted by Crippen LogP contribution is -2.22. The van der Waals surface area contributed by atoms with Crippen molar-refractivity contribution in [2.75, 3.05) is 0 Å². The fourth-order valence-electron chi connectivity index (χ4n) is 0.878. The Labute approximate surface area is 82.5 Å². The molecule has 2 nitrogen and oxygen atoms in total. The van der Waals surface area contributed by atoms with Crippen molar-refractivity contribution in [3.8, 4) is 0 Å².